The van der Waals surface area contributed by atoms with Crippen molar-refractivity contribution in [3.05, 3.63) is 35.4 Å². The van der Waals surface area contributed by atoms with Crippen molar-refractivity contribution < 1.29 is 18.3 Å². The van der Waals surface area contributed by atoms with Crippen LogP contribution < -0.4 is 5.32 Å². The van der Waals surface area contributed by atoms with Gasteiger partial charge >= 0.3 is 5.97 Å². The van der Waals surface area contributed by atoms with Gasteiger partial charge in [-0.25, -0.2) is 13.6 Å². The first-order chi connectivity index (χ1) is 8.10. The first-order valence-electron chi connectivity index (χ1n) is 5.40. The average Bonchev–Trinajstić information content (AvgIpc) is 3.07. The van der Waals surface area contributed by atoms with Crippen LogP contribution in [0.4, 0.5) is 8.78 Å². The Balaban J connectivity index is 2.26. The highest BCUT2D eigenvalue weighted by Crippen LogP contribution is 2.25. The van der Waals surface area contributed by atoms with Gasteiger partial charge in [-0.1, -0.05) is 0 Å². The molecule has 1 fully saturated rings. The molecule has 1 saturated carbocycles. The molecule has 3 nitrogen and oxygen atoms in total. The van der Waals surface area contributed by atoms with Crippen LogP contribution in [0.3, 0.4) is 0 Å². The van der Waals surface area contributed by atoms with Crippen molar-refractivity contribution in [2.24, 2.45) is 0 Å². The average molecular weight is 241 g/mol. The molecule has 0 aliphatic heterocycles. The van der Waals surface area contributed by atoms with Crippen molar-refractivity contribution in [2.75, 3.05) is 7.11 Å². The minimum absolute atomic E-state index is 0.227. The third-order valence-corrected chi connectivity index (χ3v) is 2.63. The molecule has 0 radical (unpaired) electrons. The van der Waals surface area contributed by atoms with Crippen LogP contribution in [0.25, 0.3) is 0 Å². The zero-order valence-electron chi connectivity index (χ0n) is 9.37. The highest BCUT2D eigenvalue weighted by atomic mass is 19.1. The number of carbonyl (C=O) groups excluding carboxylic acids is 1. The summed E-state index contributed by atoms with van der Waals surface area (Å²) in [5, 5.41) is 3.00. The molecule has 1 atom stereocenters. The molecule has 5 heteroatoms. The van der Waals surface area contributed by atoms with Gasteiger partial charge in [0.05, 0.1) is 7.11 Å². The maximum absolute atomic E-state index is 13.1. The smallest absolute Gasteiger partial charge is 0.327 e. The number of hydrogen-bond acceptors (Lipinski definition) is 3. The fraction of sp³-hybridized carbons (Fsp3) is 0.417. The summed E-state index contributed by atoms with van der Waals surface area (Å²) < 4.78 is 30.8. The van der Waals surface area contributed by atoms with Crippen LogP contribution in [0.5, 0.6) is 0 Å². The second-order valence-corrected chi connectivity index (χ2v) is 4.10. The SMILES string of the molecule is COC(=O)C(NC1CC1)c1cc(F)cc(F)c1. The quantitative estimate of drug-likeness (QED) is 0.818. The monoisotopic (exact) mass is 241 g/mol. The summed E-state index contributed by atoms with van der Waals surface area (Å²) in [5.74, 6) is -1.94. The van der Waals surface area contributed by atoms with E-state index in [0.717, 1.165) is 31.0 Å². The molecule has 1 unspecified atom stereocenters. The van der Waals surface area contributed by atoms with Crippen LogP contribution in [0.2, 0.25) is 0 Å². The second kappa shape index (κ2) is 4.79. The van der Waals surface area contributed by atoms with Gasteiger partial charge in [-0.2, -0.15) is 0 Å². The summed E-state index contributed by atoms with van der Waals surface area (Å²) in [5.41, 5.74) is 0.251. The largest absolute Gasteiger partial charge is 0.468 e. The van der Waals surface area contributed by atoms with E-state index in [1.54, 1.807) is 0 Å². The normalized spacial score (nSPS) is 16.6. The Hall–Kier alpha value is -1.49. The topological polar surface area (TPSA) is 38.3 Å². The molecular formula is C12H13F2NO2. The van der Waals surface area contributed by atoms with E-state index in [0.29, 0.717) is 0 Å². The van der Waals surface area contributed by atoms with Crippen LogP contribution in [0.1, 0.15) is 24.4 Å². The van der Waals surface area contributed by atoms with Crippen molar-refractivity contribution >= 4 is 5.97 Å². The lowest BCUT2D eigenvalue weighted by Crippen LogP contribution is -2.31. The molecule has 0 bridgehead atoms. The van der Waals surface area contributed by atoms with Gasteiger partial charge in [0, 0.05) is 12.1 Å². The van der Waals surface area contributed by atoms with E-state index in [2.05, 4.69) is 10.1 Å². The molecule has 1 aliphatic rings. The number of esters is 1. The van der Waals surface area contributed by atoms with Crippen molar-refractivity contribution in [3.8, 4) is 0 Å². The fourth-order valence-corrected chi connectivity index (χ4v) is 1.65. The molecule has 2 rings (SSSR count). The molecule has 0 aromatic heterocycles. The van der Waals surface area contributed by atoms with Gasteiger partial charge in [0.2, 0.25) is 0 Å². The highest BCUT2D eigenvalue weighted by molar-refractivity contribution is 5.77. The standard InChI is InChI=1S/C12H13F2NO2/c1-17-12(16)11(15-10-2-3-10)7-4-8(13)6-9(14)5-7/h4-6,10-11,15H,2-3H2,1H3. The third kappa shape index (κ3) is 3.00. The predicted octanol–water partition coefficient (Wildman–Crippen LogP) is 1.93. The van der Waals surface area contributed by atoms with Crippen LogP contribution in [-0.2, 0) is 9.53 Å². The number of carbonyl (C=O) groups is 1. The lowest BCUT2D eigenvalue weighted by atomic mass is 10.1. The molecule has 92 valence electrons. The number of rotatable bonds is 4. The first-order valence-corrected chi connectivity index (χ1v) is 5.40. The lowest BCUT2D eigenvalue weighted by molar-refractivity contribution is -0.143. The van der Waals surface area contributed by atoms with Crippen molar-refractivity contribution in [1.29, 1.82) is 0 Å². The van der Waals surface area contributed by atoms with Crippen LogP contribution in [0.15, 0.2) is 18.2 Å². The van der Waals surface area contributed by atoms with E-state index >= 15 is 0 Å². The zero-order chi connectivity index (χ0) is 12.4. The molecule has 1 aromatic carbocycles. The van der Waals surface area contributed by atoms with E-state index in [-0.39, 0.29) is 11.6 Å². The first kappa shape index (κ1) is 12.0. The number of hydrogen-bond donors (Lipinski definition) is 1. The summed E-state index contributed by atoms with van der Waals surface area (Å²) in [6, 6.07) is 2.47. The fourth-order valence-electron chi connectivity index (χ4n) is 1.65. The molecule has 1 N–H and O–H groups in total. The van der Waals surface area contributed by atoms with Crippen LogP contribution in [-0.4, -0.2) is 19.1 Å². The van der Waals surface area contributed by atoms with Crippen molar-refractivity contribution in [1.82, 2.24) is 5.32 Å². The molecule has 0 amide bonds. The number of ether oxygens (including phenoxy) is 1. The Kier molecular flexibility index (Phi) is 3.38. The van der Waals surface area contributed by atoms with Crippen molar-refractivity contribution in [3.63, 3.8) is 0 Å². The molecule has 0 spiro atoms. The van der Waals surface area contributed by atoms with E-state index in [4.69, 9.17) is 0 Å². The second-order valence-electron chi connectivity index (χ2n) is 4.10. The van der Waals surface area contributed by atoms with Gasteiger partial charge < -0.3 is 4.74 Å². The molecule has 0 heterocycles. The van der Waals surface area contributed by atoms with Crippen molar-refractivity contribution in [2.45, 2.75) is 24.9 Å². The summed E-state index contributed by atoms with van der Waals surface area (Å²) in [4.78, 5) is 11.6. The Morgan fingerprint density at radius 1 is 1.35 bits per heavy atom. The third-order valence-electron chi connectivity index (χ3n) is 2.63. The van der Waals surface area contributed by atoms with E-state index in [9.17, 15) is 13.6 Å². The van der Waals surface area contributed by atoms with Gasteiger partial charge in [0.25, 0.3) is 0 Å². The van der Waals surface area contributed by atoms with E-state index in [1.807, 2.05) is 0 Å². The highest BCUT2D eigenvalue weighted by Gasteiger charge is 2.30. The van der Waals surface area contributed by atoms with Crippen LogP contribution >= 0.6 is 0 Å². The molecule has 1 aromatic rings. The van der Waals surface area contributed by atoms with Crippen LogP contribution in [0, 0.1) is 11.6 Å². The van der Waals surface area contributed by atoms with Gasteiger partial charge in [0.15, 0.2) is 0 Å². The summed E-state index contributed by atoms with van der Waals surface area (Å²) in [7, 11) is 1.25. The molecule has 0 saturated heterocycles. The maximum Gasteiger partial charge on any atom is 0.327 e. The Bertz CT molecular complexity index is 412. The minimum atomic E-state index is -0.808. The number of methoxy groups -OCH3 is 1. The van der Waals surface area contributed by atoms with Gasteiger partial charge in [-0.3, -0.25) is 5.32 Å². The lowest BCUT2D eigenvalue weighted by Gasteiger charge is -2.16. The van der Waals surface area contributed by atoms with E-state index < -0.39 is 23.6 Å². The molecular weight excluding hydrogens is 228 g/mol. The van der Waals surface area contributed by atoms with E-state index in [1.165, 1.54) is 7.11 Å². The minimum Gasteiger partial charge on any atom is -0.468 e. The Morgan fingerprint density at radius 3 is 2.41 bits per heavy atom. The molecule has 17 heavy (non-hydrogen) atoms. The van der Waals surface area contributed by atoms with Gasteiger partial charge in [0.1, 0.15) is 17.7 Å². The summed E-state index contributed by atoms with van der Waals surface area (Å²) >= 11 is 0. The summed E-state index contributed by atoms with van der Waals surface area (Å²) in [6.07, 6.45) is 1.93. The zero-order valence-corrected chi connectivity index (χ0v) is 9.37. The van der Waals surface area contributed by atoms with Gasteiger partial charge in [-0.15, -0.1) is 0 Å². The maximum atomic E-state index is 13.1. The predicted molar refractivity (Wildman–Crippen MR) is 57.3 cm³/mol. The number of nitrogens with one attached hydrogen (secondary N) is 1. The number of halogens is 2. The number of benzene rings is 1. The molecule has 1 aliphatic carbocycles. The van der Waals surface area contributed by atoms with Gasteiger partial charge in [-0.05, 0) is 30.5 Å². The summed E-state index contributed by atoms with van der Waals surface area (Å²) in [6.45, 7) is 0. The Labute approximate surface area is 97.8 Å². The Morgan fingerprint density at radius 2 is 1.94 bits per heavy atom.